The number of methoxy groups -OCH3 is 1. The zero-order valence-electron chi connectivity index (χ0n) is 14.5. The first-order valence-corrected chi connectivity index (χ1v) is 8.23. The second kappa shape index (κ2) is 7.78. The van der Waals surface area contributed by atoms with Gasteiger partial charge in [-0.3, -0.25) is 0 Å². The minimum absolute atomic E-state index is 0.0804. The molecule has 1 N–H and O–H groups in total. The minimum atomic E-state index is -0.0804. The smallest absolute Gasteiger partial charge is 0.317 e. The Balaban J connectivity index is 1.49. The molecule has 3 heterocycles. The number of carbonyl (C=O) groups excluding carboxylic acids is 1. The zero-order valence-corrected chi connectivity index (χ0v) is 14.5. The summed E-state index contributed by atoms with van der Waals surface area (Å²) in [7, 11) is 1.57. The number of urea groups is 1. The van der Waals surface area contributed by atoms with Crippen molar-refractivity contribution in [3.8, 4) is 5.88 Å². The number of nitrogens with zero attached hydrogens (tertiary/aromatic N) is 5. The maximum Gasteiger partial charge on any atom is 0.317 e. The van der Waals surface area contributed by atoms with E-state index in [1.807, 2.05) is 30.0 Å². The van der Waals surface area contributed by atoms with Gasteiger partial charge in [0.05, 0.1) is 19.3 Å². The molecular formula is C17H22N6O2. The number of pyridine rings is 1. The predicted octanol–water partition coefficient (Wildman–Crippen LogP) is 1.22. The number of carbonyl (C=O) groups is 1. The van der Waals surface area contributed by atoms with Gasteiger partial charge in [-0.25, -0.2) is 19.7 Å². The molecule has 8 heteroatoms. The molecule has 1 aliphatic rings. The van der Waals surface area contributed by atoms with E-state index in [1.54, 1.807) is 19.4 Å². The molecule has 0 atom stereocenters. The van der Waals surface area contributed by atoms with E-state index in [-0.39, 0.29) is 6.03 Å². The van der Waals surface area contributed by atoms with Crippen LogP contribution < -0.4 is 15.0 Å². The molecule has 1 saturated heterocycles. The van der Waals surface area contributed by atoms with Crippen LogP contribution in [0.3, 0.4) is 0 Å². The van der Waals surface area contributed by atoms with Crippen LogP contribution in [0.15, 0.2) is 30.5 Å². The SMILES string of the molecule is COc1cccc(CNC(=O)N2CCN(c3ccnc(C)n3)CC2)n1. The number of nitrogens with one attached hydrogen (secondary N) is 1. The van der Waals surface area contributed by atoms with Gasteiger partial charge in [0, 0.05) is 38.4 Å². The second-order valence-corrected chi connectivity index (χ2v) is 5.77. The molecule has 0 bridgehead atoms. The van der Waals surface area contributed by atoms with Crippen LogP contribution in [0.5, 0.6) is 5.88 Å². The molecule has 1 fully saturated rings. The van der Waals surface area contributed by atoms with Crippen molar-refractivity contribution in [1.82, 2.24) is 25.2 Å². The number of hydrogen-bond donors (Lipinski definition) is 1. The van der Waals surface area contributed by atoms with Crippen LogP contribution >= 0.6 is 0 Å². The van der Waals surface area contributed by atoms with Crippen LogP contribution in [0, 0.1) is 6.92 Å². The lowest BCUT2D eigenvalue weighted by Crippen LogP contribution is -2.52. The van der Waals surface area contributed by atoms with E-state index in [1.165, 1.54) is 0 Å². The van der Waals surface area contributed by atoms with Crippen LogP contribution in [0.1, 0.15) is 11.5 Å². The summed E-state index contributed by atoms with van der Waals surface area (Å²) in [5, 5.41) is 2.91. The Hall–Kier alpha value is -2.90. The fourth-order valence-electron chi connectivity index (χ4n) is 2.71. The Bertz CT molecular complexity index is 731. The Kier molecular flexibility index (Phi) is 5.27. The Morgan fingerprint density at radius 1 is 1.20 bits per heavy atom. The highest BCUT2D eigenvalue weighted by molar-refractivity contribution is 5.74. The average Bonchev–Trinajstić information content (AvgIpc) is 2.66. The largest absolute Gasteiger partial charge is 0.481 e. The molecule has 25 heavy (non-hydrogen) atoms. The summed E-state index contributed by atoms with van der Waals surface area (Å²) in [5.74, 6) is 2.21. The van der Waals surface area contributed by atoms with Crippen LogP contribution in [-0.2, 0) is 6.54 Å². The van der Waals surface area contributed by atoms with Gasteiger partial charge in [-0.15, -0.1) is 0 Å². The molecule has 3 rings (SSSR count). The van der Waals surface area contributed by atoms with E-state index >= 15 is 0 Å². The molecule has 0 radical (unpaired) electrons. The molecule has 0 spiro atoms. The molecular weight excluding hydrogens is 320 g/mol. The summed E-state index contributed by atoms with van der Waals surface area (Å²) < 4.78 is 5.09. The van der Waals surface area contributed by atoms with Gasteiger partial charge >= 0.3 is 6.03 Å². The van der Waals surface area contributed by atoms with Crippen molar-refractivity contribution in [2.45, 2.75) is 13.5 Å². The normalized spacial score (nSPS) is 14.3. The number of aromatic nitrogens is 3. The van der Waals surface area contributed by atoms with Gasteiger partial charge in [0.15, 0.2) is 0 Å². The van der Waals surface area contributed by atoms with Crippen molar-refractivity contribution in [3.05, 3.63) is 42.0 Å². The van der Waals surface area contributed by atoms with Gasteiger partial charge in [0.25, 0.3) is 0 Å². The highest BCUT2D eigenvalue weighted by atomic mass is 16.5. The number of aryl methyl sites for hydroxylation is 1. The molecule has 0 aromatic carbocycles. The number of anilines is 1. The van der Waals surface area contributed by atoms with Crippen molar-refractivity contribution in [2.24, 2.45) is 0 Å². The Morgan fingerprint density at radius 3 is 2.72 bits per heavy atom. The Labute approximate surface area is 146 Å². The number of piperazine rings is 1. The molecule has 2 amide bonds. The van der Waals surface area contributed by atoms with Crippen LogP contribution in [0.25, 0.3) is 0 Å². The maximum absolute atomic E-state index is 12.3. The summed E-state index contributed by atoms with van der Waals surface area (Å²) in [5.41, 5.74) is 0.766. The third kappa shape index (κ3) is 4.34. The standard InChI is InChI=1S/C17H22N6O2/c1-13-18-7-6-15(20-13)22-8-10-23(11-9-22)17(24)19-12-14-4-3-5-16(21-14)25-2/h3-7H,8-12H2,1-2H3,(H,19,24). The topological polar surface area (TPSA) is 83.5 Å². The van der Waals surface area contributed by atoms with Crippen molar-refractivity contribution >= 4 is 11.8 Å². The lowest BCUT2D eigenvalue weighted by atomic mass is 10.3. The molecule has 0 aliphatic carbocycles. The van der Waals surface area contributed by atoms with E-state index in [0.29, 0.717) is 25.5 Å². The number of amides is 2. The predicted molar refractivity (Wildman–Crippen MR) is 93.6 cm³/mol. The van der Waals surface area contributed by atoms with E-state index in [4.69, 9.17) is 4.74 Å². The highest BCUT2D eigenvalue weighted by Crippen LogP contribution is 2.13. The van der Waals surface area contributed by atoms with Gasteiger partial charge < -0.3 is 19.9 Å². The summed E-state index contributed by atoms with van der Waals surface area (Å²) >= 11 is 0. The summed E-state index contributed by atoms with van der Waals surface area (Å²) in [6, 6.07) is 7.31. The summed E-state index contributed by atoms with van der Waals surface area (Å²) in [6.07, 6.45) is 1.76. The van der Waals surface area contributed by atoms with Crippen LogP contribution in [-0.4, -0.2) is 59.2 Å². The fraction of sp³-hybridized carbons (Fsp3) is 0.412. The van der Waals surface area contributed by atoms with E-state index in [2.05, 4.69) is 25.2 Å². The highest BCUT2D eigenvalue weighted by Gasteiger charge is 2.21. The average molecular weight is 342 g/mol. The van der Waals surface area contributed by atoms with Gasteiger partial charge in [-0.1, -0.05) is 6.07 Å². The fourth-order valence-corrected chi connectivity index (χ4v) is 2.71. The van der Waals surface area contributed by atoms with Gasteiger partial charge in [-0.2, -0.15) is 0 Å². The molecule has 2 aromatic heterocycles. The van der Waals surface area contributed by atoms with Crippen LogP contribution in [0.2, 0.25) is 0 Å². The molecule has 2 aromatic rings. The first kappa shape index (κ1) is 16.9. The molecule has 8 nitrogen and oxygen atoms in total. The molecule has 132 valence electrons. The quantitative estimate of drug-likeness (QED) is 0.899. The van der Waals surface area contributed by atoms with Crippen molar-refractivity contribution in [1.29, 1.82) is 0 Å². The lowest BCUT2D eigenvalue weighted by molar-refractivity contribution is 0.193. The van der Waals surface area contributed by atoms with E-state index in [0.717, 1.165) is 30.4 Å². The molecule has 1 aliphatic heterocycles. The van der Waals surface area contributed by atoms with Gasteiger partial charge in [-0.05, 0) is 19.1 Å². The third-order valence-corrected chi connectivity index (χ3v) is 4.06. The van der Waals surface area contributed by atoms with Gasteiger partial charge in [0.1, 0.15) is 11.6 Å². The Morgan fingerprint density at radius 2 is 2.00 bits per heavy atom. The van der Waals surface area contributed by atoms with E-state index in [9.17, 15) is 4.79 Å². The maximum atomic E-state index is 12.3. The minimum Gasteiger partial charge on any atom is -0.481 e. The molecule has 0 unspecified atom stereocenters. The van der Waals surface area contributed by atoms with Crippen molar-refractivity contribution in [2.75, 3.05) is 38.2 Å². The number of ether oxygens (including phenoxy) is 1. The van der Waals surface area contributed by atoms with E-state index < -0.39 is 0 Å². The molecule has 0 saturated carbocycles. The van der Waals surface area contributed by atoms with Crippen molar-refractivity contribution in [3.63, 3.8) is 0 Å². The van der Waals surface area contributed by atoms with Crippen molar-refractivity contribution < 1.29 is 9.53 Å². The first-order valence-electron chi connectivity index (χ1n) is 8.23. The monoisotopic (exact) mass is 342 g/mol. The number of hydrogen-bond acceptors (Lipinski definition) is 6. The third-order valence-electron chi connectivity index (χ3n) is 4.06. The van der Waals surface area contributed by atoms with Crippen LogP contribution in [0.4, 0.5) is 10.6 Å². The lowest BCUT2D eigenvalue weighted by Gasteiger charge is -2.35. The summed E-state index contributed by atoms with van der Waals surface area (Å²) in [4.78, 5) is 29.2. The second-order valence-electron chi connectivity index (χ2n) is 5.77. The summed E-state index contributed by atoms with van der Waals surface area (Å²) in [6.45, 7) is 5.06. The van der Waals surface area contributed by atoms with Gasteiger partial charge in [0.2, 0.25) is 5.88 Å². The number of rotatable bonds is 4. The first-order chi connectivity index (χ1) is 12.2. The zero-order chi connectivity index (χ0) is 17.6.